The predicted molar refractivity (Wildman–Crippen MR) is 139 cm³/mol. The molecule has 200 valence electrons. The number of esters is 1. The normalized spacial score (nSPS) is 10.9. The summed E-state index contributed by atoms with van der Waals surface area (Å²) in [6, 6.07) is 11.7. The third-order valence-electron chi connectivity index (χ3n) is 6.06. The molecule has 0 bridgehead atoms. The van der Waals surface area contributed by atoms with E-state index in [9.17, 15) is 34.6 Å². The second-order valence-electron chi connectivity index (χ2n) is 8.64. The van der Waals surface area contributed by atoms with Crippen LogP contribution in [0.4, 0.5) is 11.4 Å². The third kappa shape index (κ3) is 4.74. The average Bonchev–Trinajstić information content (AvgIpc) is 2.89. The molecule has 0 aliphatic rings. The lowest BCUT2D eigenvalue weighted by molar-refractivity contribution is -0.395. The van der Waals surface area contributed by atoms with Gasteiger partial charge in [0, 0.05) is 35.7 Å². The minimum atomic E-state index is -1.09. The fourth-order valence-electron chi connectivity index (χ4n) is 4.07. The van der Waals surface area contributed by atoms with Crippen LogP contribution < -0.4 is 20.5 Å². The molecule has 3 aromatic carbocycles. The predicted octanol–water partition coefficient (Wildman–Crippen LogP) is 5.34. The Morgan fingerprint density at radius 2 is 1.45 bits per heavy atom. The number of carbonyl (C=O) groups is 1. The summed E-state index contributed by atoms with van der Waals surface area (Å²) in [6.07, 6.45) is 1.06. The van der Waals surface area contributed by atoms with Crippen LogP contribution in [0.15, 0.2) is 79.3 Å². The molecular formula is C27H16N2O11. The number of hydrogen-bond acceptors (Lipinski definition) is 11. The maximum Gasteiger partial charge on any atom is 0.344 e. The zero-order valence-corrected chi connectivity index (χ0v) is 20.7. The van der Waals surface area contributed by atoms with Gasteiger partial charge in [0.1, 0.15) is 34.5 Å². The molecule has 0 unspecified atom stereocenters. The van der Waals surface area contributed by atoms with Gasteiger partial charge in [-0.25, -0.2) is 9.59 Å². The molecule has 0 amide bonds. The maximum absolute atomic E-state index is 13.0. The van der Waals surface area contributed by atoms with Gasteiger partial charge in [0.15, 0.2) is 0 Å². The van der Waals surface area contributed by atoms with Crippen LogP contribution in [-0.4, -0.2) is 15.8 Å². The largest absolute Gasteiger partial charge is 0.460 e. The molecule has 13 heteroatoms. The molecule has 0 N–H and O–H groups in total. The van der Waals surface area contributed by atoms with E-state index in [1.807, 2.05) is 0 Å². The Morgan fingerprint density at radius 3 is 2.12 bits per heavy atom. The number of aryl methyl sites for hydroxylation is 1. The Hall–Kier alpha value is -5.85. The molecule has 0 atom stereocenters. The van der Waals surface area contributed by atoms with Gasteiger partial charge < -0.3 is 18.3 Å². The molecule has 0 spiro atoms. The quantitative estimate of drug-likeness (QED) is 0.0883. The lowest BCUT2D eigenvalue weighted by atomic mass is 10.1. The first-order valence-electron chi connectivity index (χ1n) is 11.5. The van der Waals surface area contributed by atoms with Gasteiger partial charge in [-0.15, -0.1) is 0 Å². The number of carbonyl (C=O) groups excluding carboxylic acids is 1. The van der Waals surface area contributed by atoms with Gasteiger partial charge in [-0.05, 0) is 43.7 Å². The fourth-order valence-corrected chi connectivity index (χ4v) is 4.07. The van der Waals surface area contributed by atoms with Crippen molar-refractivity contribution in [3.05, 3.63) is 118 Å². The monoisotopic (exact) mass is 544 g/mol. The highest BCUT2D eigenvalue weighted by molar-refractivity contribution is 5.93. The maximum atomic E-state index is 13.0. The van der Waals surface area contributed by atoms with Crippen LogP contribution in [0.1, 0.15) is 21.5 Å². The highest BCUT2D eigenvalue weighted by atomic mass is 16.6. The SMILES string of the molecule is Cc1c([N+](=O)[O-])cc(C(=O)Oc2ccc3c(=O)c(Oc4ccc5c(C)cc(=O)oc5c4)coc3c2)cc1[N+](=O)[O-]. The number of ether oxygens (including phenoxy) is 2. The van der Waals surface area contributed by atoms with E-state index in [0.717, 1.165) is 24.0 Å². The molecule has 2 heterocycles. The Labute approximate surface area is 222 Å². The third-order valence-corrected chi connectivity index (χ3v) is 6.06. The highest BCUT2D eigenvalue weighted by Gasteiger charge is 2.26. The van der Waals surface area contributed by atoms with Crippen molar-refractivity contribution < 1.29 is 32.9 Å². The van der Waals surface area contributed by atoms with Crippen molar-refractivity contribution in [1.82, 2.24) is 0 Å². The van der Waals surface area contributed by atoms with Gasteiger partial charge in [0.25, 0.3) is 11.4 Å². The van der Waals surface area contributed by atoms with E-state index in [4.69, 9.17) is 18.3 Å². The average molecular weight is 544 g/mol. The molecule has 0 fully saturated rings. The number of hydrogen-bond donors (Lipinski definition) is 0. The first-order chi connectivity index (χ1) is 19.0. The summed E-state index contributed by atoms with van der Waals surface area (Å²) >= 11 is 0. The van der Waals surface area contributed by atoms with E-state index in [0.29, 0.717) is 5.39 Å². The smallest absolute Gasteiger partial charge is 0.344 e. The molecule has 5 aromatic rings. The highest BCUT2D eigenvalue weighted by Crippen LogP contribution is 2.31. The minimum Gasteiger partial charge on any atom is -0.460 e. The Bertz CT molecular complexity index is 1970. The Morgan fingerprint density at radius 1 is 0.825 bits per heavy atom. The van der Waals surface area contributed by atoms with E-state index < -0.39 is 43.8 Å². The molecule has 5 rings (SSSR count). The van der Waals surface area contributed by atoms with Crippen LogP contribution in [0, 0.1) is 34.1 Å². The van der Waals surface area contributed by atoms with Crippen LogP contribution >= 0.6 is 0 Å². The van der Waals surface area contributed by atoms with Crippen molar-refractivity contribution in [1.29, 1.82) is 0 Å². The number of rotatable bonds is 6. The topological polar surface area (TPSA) is 182 Å². The van der Waals surface area contributed by atoms with Crippen molar-refractivity contribution in [3.63, 3.8) is 0 Å². The van der Waals surface area contributed by atoms with Crippen LogP contribution in [0.2, 0.25) is 0 Å². The molecule has 0 aliphatic heterocycles. The number of nitrogens with zero attached hydrogens (tertiary/aromatic N) is 2. The summed E-state index contributed by atoms with van der Waals surface area (Å²) in [7, 11) is 0. The molecule has 13 nitrogen and oxygen atoms in total. The van der Waals surface area contributed by atoms with Crippen LogP contribution in [0.5, 0.6) is 17.2 Å². The summed E-state index contributed by atoms with van der Waals surface area (Å²) in [6.45, 7) is 2.96. The van der Waals surface area contributed by atoms with Gasteiger partial charge in [-0.3, -0.25) is 25.0 Å². The van der Waals surface area contributed by atoms with Gasteiger partial charge in [0.2, 0.25) is 11.2 Å². The summed E-state index contributed by atoms with van der Waals surface area (Å²) in [5.41, 5.74) is -1.87. The van der Waals surface area contributed by atoms with E-state index in [2.05, 4.69) is 0 Å². The lowest BCUT2D eigenvalue weighted by Gasteiger charge is -2.08. The van der Waals surface area contributed by atoms with Gasteiger partial charge in [-0.2, -0.15) is 0 Å². The fraction of sp³-hybridized carbons (Fsp3) is 0.0741. The summed E-state index contributed by atoms with van der Waals surface area (Å²) < 4.78 is 21.6. The second-order valence-corrected chi connectivity index (χ2v) is 8.64. The van der Waals surface area contributed by atoms with Crippen molar-refractivity contribution in [3.8, 4) is 17.2 Å². The summed E-state index contributed by atoms with van der Waals surface area (Å²) in [5.74, 6) is -1.11. The molecule has 0 saturated heterocycles. The van der Waals surface area contributed by atoms with Gasteiger partial charge in [0.05, 0.1) is 20.8 Å². The van der Waals surface area contributed by atoms with Crippen molar-refractivity contribution in [2.45, 2.75) is 13.8 Å². The Balaban J connectivity index is 1.42. The molecule has 0 radical (unpaired) electrons. The minimum absolute atomic E-state index is 0.0312. The standard InChI is InChI=1S/C27H16N2O11/c1-13-7-25(30)40-23-11-16(3-5-18(13)23)38-24-12-37-22-10-17(4-6-19(22)26(24)31)39-27(32)15-8-20(28(33)34)14(2)21(9-15)29(35)36/h3-12H,1-2H3. The van der Waals surface area contributed by atoms with Crippen LogP contribution in [0.25, 0.3) is 21.9 Å². The summed E-state index contributed by atoms with van der Waals surface area (Å²) in [5, 5.41) is 23.4. The molecule has 0 aliphatic carbocycles. The molecule has 0 saturated carbocycles. The van der Waals surface area contributed by atoms with E-state index >= 15 is 0 Å². The zero-order valence-electron chi connectivity index (χ0n) is 20.7. The molecule has 2 aromatic heterocycles. The zero-order chi connectivity index (χ0) is 28.7. The van der Waals surface area contributed by atoms with Gasteiger partial charge >= 0.3 is 11.6 Å². The second kappa shape index (κ2) is 9.79. The Kier molecular flexibility index (Phi) is 6.31. The number of benzene rings is 3. The van der Waals surface area contributed by atoms with Crippen molar-refractivity contribution in [2.75, 3.05) is 0 Å². The molecule has 40 heavy (non-hydrogen) atoms. The summed E-state index contributed by atoms with van der Waals surface area (Å²) in [4.78, 5) is 58.3. The molecular weight excluding hydrogens is 528 g/mol. The van der Waals surface area contributed by atoms with Crippen LogP contribution in [-0.2, 0) is 0 Å². The van der Waals surface area contributed by atoms with Crippen molar-refractivity contribution >= 4 is 39.3 Å². The number of fused-ring (bicyclic) bond motifs is 2. The van der Waals surface area contributed by atoms with Crippen molar-refractivity contribution in [2.24, 2.45) is 0 Å². The number of nitro benzene ring substituents is 2. The lowest BCUT2D eigenvalue weighted by Crippen LogP contribution is -2.11. The van der Waals surface area contributed by atoms with E-state index in [-0.39, 0.29) is 39.4 Å². The van der Waals surface area contributed by atoms with E-state index in [1.165, 1.54) is 37.3 Å². The first-order valence-corrected chi connectivity index (χ1v) is 11.5. The number of nitro groups is 2. The van der Waals surface area contributed by atoms with E-state index in [1.54, 1.807) is 19.1 Å². The van der Waals surface area contributed by atoms with Crippen LogP contribution in [0.3, 0.4) is 0 Å². The van der Waals surface area contributed by atoms with Gasteiger partial charge in [-0.1, -0.05) is 0 Å². The first kappa shape index (κ1) is 25.8.